The van der Waals surface area contributed by atoms with Gasteiger partial charge in [0.2, 0.25) is 0 Å². The number of hydrogen-bond acceptors (Lipinski definition) is 3. The van der Waals surface area contributed by atoms with Gasteiger partial charge in [0.25, 0.3) is 5.91 Å². The van der Waals surface area contributed by atoms with Crippen LogP contribution >= 0.6 is 0 Å². The van der Waals surface area contributed by atoms with Crippen molar-refractivity contribution in [3.8, 4) is 0 Å². The fraction of sp³-hybridized carbons (Fsp3) is 0.310. The quantitative estimate of drug-likeness (QED) is 0.243. The van der Waals surface area contributed by atoms with Gasteiger partial charge in [-0.3, -0.25) is 10.2 Å². The summed E-state index contributed by atoms with van der Waals surface area (Å²) in [5, 5.41) is 18.1. The summed E-state index contributed by atoms with van der Waals surface area (Å²) < 4.78 is 2.09. The van der Waals surface area contributed by atoms with Gasteiger partial charge in [0.05, 0.1) is 0 Å². The summed E-state index contributed by atoms with van der Waals surface area (Å²) in [5.74, 6) is 0.336. The molecule has 180 valence electrons. The van der Waals surface area contributed by atoms with Gasteiger partial charge in [0.15, 0.2) is 0 Å². The molecule has 1 heterocycles. The zero-order chi connectivity index (χ0) is 24.4. The van der Waals surface area contributed by atoms with Gasteiger partial charge in [-0.2, -0.15) is 0 Å². The average molecular weight is 468 g/mol. The van der Waals surface area contributed by atoms with Gasteiger partial charge in [-0.1, -0.05) is 48.5 Å². The Hall–Kier alpha value is -3.64. The molecule has 0 aliphatic heterocycles. The molecule has 5 rings (SSSR count). The van der Waals surface area contributed by atoms with E-state index >= 15 is 0 Å². The number of amidine groups is 1. The third-order valence-corrected chi connectivity index (χ3v) is 7.04. The van der Waals surface area contributed by atoms with Crippen LogP contribution in [0.2, 0.25) is 0 Å². The van der Waals surface area contributed by atoms with Crippen molar-refractivity contribution in [1.29, 1.82) is 5.41 Å². The topological polar surface area (TPSA) is 95.9 Å². The fourth-order valence-corrected chi connectivity index (χ4v) is 5.09. The van der Waals surface area contributed by atoms with E-state index in [1.54, 1.807) is 0 Å². The van der Waals surface area contributed by atoms with E-state index in [2.05, 4.69) is 45.5 Å². The van der Waals surface area contributed by atoms with Crippen molar-refractivity contribution in [3.05, 3.63) is 83.6 Å². The number of fused-ring (bicyclic) bond motifs is 2. The second-order valence-electron chi connectivity index (χ2n) is 9.56. The molecule has 0 atom stereocenters. The van der Waals surface area contributed by atoms with E-state index in [1.807, 2.05) is 43.3 Å². The fourth-order valence-electron chi connectivity index (χ4n) is 5.09. The molecule has 0 bridgehead atoms. The lowest BCUT2D eigenvalue weighted by atomic mass is 9.92. The molecule has 0 spiro atoms. The van der Waals surface area contributed by atoms with Crippen LogP contribution in [0.5, 0.6) is 0 Å². The molecule has 5 N–H and O–H groups in total. The van der Waals surface area contributed by atoms with Crippen molar-refractivity contribution in [1.82, 2.24) is 15.2 Å². The van der Waals surface area contributed by atoms with Crippen molar-refractivity contribution in [2.75, 3.05) is 6.54 Å². The van der Waals surface area contributed by atoms with Crippen molar-refractivity contribution in [2.24, 2.45) is 5.73 Å². The Kier molecular flexibility index (Phi) is 6.55. The molecule has 1 saturated carbocycles. The van der Waals surface area contributed by atoms with Crippen LogP contribution in [0, 0.1) is 5.41 Å². The van der Waals surface area contributed by atoms with Crippen molar-refractivity contribution in [2.45, 2.75) is 51.2 Å². The number of hydrogen-bond donors (Lipinski definition) is 4. The molecule has 0 radical (unpaired) electrons. The first kappa shape index (κ1) is 23.1. The highest BCUT2D eigenvalue weighted by molar-refractivity contribution is 6.03. The standard InChI is InChI=1S/C29H33N5O/c1-2-32-28(31)23-10-9-22-16-27(29(35)33-25-13-11-24(30)12-14-25)34(26(22)17-23)18-19-7-8-20-5-3-4-6-21(20)15-19/h3-10,15-17,24-25H,2,11-14,18,30H2,1H3,(H2,31,32)(H,33,35)/t24-,25-. The molecule has 1 aliphatic carbocycles. The van der Waals surface area contributed by atoms with Crippen molar-refractivity contribution in [3.63, 3.8) is 0 Å². The van der Waals surface area contributed by atoms with Crippen LogP contribution in [-0.4, -0.2) is 34.9 Å². The summed E-state index contributed by atoms with van der Waals surface area (Å²) in [6.45, 7) is 3.24. The number of benzene rings is 3. The van der Waals surface area contributed by atoms with E-state index in [0.717, 1.165) is 47.7 Å². The summed E-state index contributed by atoms with van der Waals surface area (Å²) >= 11 is 0. The summed E-state index contributed by atoms with van der Waals surface area (Å²) in [5.41, 5.74) is 9.60. The van der Waals surface area contributed by atoms with Crippen LogP contribution in [0.4, 0.5) is 0 Å². The van der Waals surface area contributed by atoms with Crippen LogP contribution in [0.25, 0.3) is 21.7 Å². The van der Waals surface area contributed by atoms with E-state index in [-0.39, 0.29) is 18.0 Å². The molecule has 1 amide bonds. The molecule has 35 heavy (non-hydrogen) atoms. The number of carbonyl (C=O) groups is 1. The SMILES string of the molecule is CCNC(=N)c1ccc2cc(C(=O)N[C@H]3CC[C@H](N)CC3)n(Cc3ccc4ccccc4c3)c2c1. The normalized spacial score (nSPS) is 18.0. The minimum atomic E-state index is -0.0502. The van der Waals surface area contributed by atoms with E-state index in [0.29, 0.717) is 24.6 Å². The van der Waals surface area contributed by atoms with Crippen molar-refractivity contribution < 1.29 is 4.79 Å². The highest BCUT2D eigenvalue weighted by Gasteiger charge is 2.23. The predicted octanol–water partition coefficient (Wildman–Crippen LogP) is 4.78. The molecular formula is C29H33N5O. The highest BCUT2D eigenvalue weighted by atomic mass is 16.2. The molecule has 6 nitrogen and oxygen atoms in total. The molecule has 0 unspecified atom stereocenters. The molecule has 1 fully saturated rings. The molecule has 3 aromatic carbocycles. The van der Waals surface area contributed by atoms with Gasteiger partial charge >= 0.3 is 0 Å². The number of nitrogens with two attached hydrogens (primary N) is 1. The number of rotatable bonds is 6. The summed E-state index contributed by atoms with van der Waals surface area (Å²) in [7, 11) is 0. The maximum Gasteiger partial charge on any atom is 0.268 e. The molecular weight excluding hydrogens is 434 g/mol. The number of carbonyl (C=O) groups excluding carboxylic acids is 1. The Morgan fingerprint density at radius 1 is 0.971 bits per heavy atom. The molecule has 1 aromatic heterocycles. The Morgan fingerprint density at radius 3 is 2.49 bits per heavy atom. The Morgan fingerprint density at radius 2 is 1.71 bits per heavy atom. The minimum Gasteiger partial charge on any atom is -0.370 e. The van der Waals surface area contributed by atoms with E-state index in [4.69, 9.17) is 11.1 Å². The first-order valence-electron chi connectivity index (χ1n) is 12.5. The zero-order valence-corrected chi connectivity index (χ0v) is 20.2. The lowest BCUT2D eigenvalue weighted by Gasteiger charge is -2.27. The zero-order valence-electron chi connectivity index (χ0n) is 20.2. The van der Waals surface area contributed by atoms with Gasteiger partial charge in [0.1, 0.15) is 11.5 Å². The number of amides is 1. The number of nitrogens with one attached hydrogen (secondary N) is 3. The van der Waals surface area contributed by atoms with Crippen LogP contribution in [-0.2, 0) is 6.54 Å². The Labute approximate surface area is 206 Å². The first-order chi connectivity index (χ1) is 17.0. The van der Waals surface area contributed by atoms with E-state index in [1.165, 1.54) is 10.8 Å². The maximum absolute atomic E-state index is 13.5. The smallest absolute Gasteiger partial charge is 0.268 e. The van der Waals surface area contributed by atoms with Gasteiger partial charge in [-0.25, -0.2) is 0 Å². The summed E-state index contributed by atoms with van der Waals surface area (Å²) in [4.78, 5) is 13.5. The first-order valence-corrected chi connectivity index (χ1v) is 12.5. The van der Waals surface area contributed by atoms with Crippen LogP contribution < -0.4 is 16.4 Å². The lowest BCUT2D eigenvalue weighted by molar-refractivity contribution is 0.0917. The second-order valence-corrected chi connectivity index (χ2v) is 9.56. The third kappa shape index (κ3) is 4.93. The summed E-state index contributed by atoms with van der Waals surface area (Å²) in [6.07, 6.45) is 3.73. The predicted molar refractivity (Wildman–Crippen MR) is 143 cm³/mol. The number of nitrogens with zero attached hydrogens (tertiary/aromatic N) is 1. The van der Waals surface area contributed by atoms with Crippen LogP contribution in [0.15, 0.2) is 66.7 Å². The van der Waals surface area contributed by atoms with Gasteiger partial charge in [0, 0.05) is 41.6 Å². The van der Waals surface area contributed by atoms with Gasteiger partial charge < -0.3 is 20.9 Å². The average Bonchev–Trinajstić information content (AvgIpc) is 3.23. The lowest BCUT2D eigenvalue weighted by Crippen LogP contribution is -2.41. The molecule has 4 aromatic rings. The van der Waals surface area contributed by atoms with Gasteiger partial charge in [-0.15, -0.1) is 0 Å². The van der Waals surface area contributed by atoms with E-state index < -0.39 is 0 Å². The Balaban J connectivity index is 1.53. The third-order valence-electron chi connectivity index (χ3n) is 7.04. The monoisotopic (exact) mass is 467 g/mol. The molecule has 6 heteroatoms. The minimum absolute atomic E-state index is 0.0502. The summed E-state index contributed by atoms with van der Waals surface area (Å²) in [6, 6.07) is 23.1. The van der Waals surface area contributed by atoms with Gasteiger partial charge in [-0.05, 0) is 67.1 Å². The van der Waals surface area contributed by atoms with Crippen LogP contribution in [0.1, 0.15) is 54.2 Å². The number of aromatic nitrogens is 1. The van der Waals surface area contributed by atoms with Crippen molar-refractivity contribution >= 4 is 33.4 Å². The maximum atomic E-state index is 13.5. The molecule has 0 saturated heterocycles. The van der Waals surface area contributed by atoms with Crippen LogP contribution in [0.3, 0.4) is 0 Å². The van der Waals surface area contributed by atoms with E-state index in [9.17, 15) is 4.79 Å². The highest BCUT2D eigenvalue weighted by Crippen LogP contribution is 2.25. The molecule has 1 aliphatic rings. The second kappa shape index (κ2) is 9.92. The Bertz CT molecular complexity index is 1380. The largest absolute Gasteiger partial charge is 0.370 e.